The third kappa shape index (κ3) is 2.29. The van der Waals surface area contributed by atoms with E-state index in [1.807, 2.05) is 6.92 Å². The van der Waals surface area contributed by atoms with Crippen LogP contribution in [0, 0.1) is 17.3 Å². The van der Waals surface area contributed by atoms with E-state index in [4.69, 9.17) is 4.74 Å². The molecule has 3 aliphatic rings. The number of aliphatic hydroxyl groups is 1. The van der Waals surface area contributed by atoms with Crippen LogP contribution < -0.4 is 0 Å². The minimum absolute atomic E-state index is 0.133. The number of nitrogens with zero attached hydrogens (tertiary/aromatic N) is 2. The van der Waals surface area contributed by atoms with E-state index < -0.39 is 11.1 Å². The van der Waals surface area contributed by atoms with E-state index in [1.165, 1.54) is 13.5 Å². The highest BCUT2D eigenvalue weighted by atomic mass is 16.5. The fraction of sp³-hybridized carbons (Fsp3) is 0.941. The van der Waals surface area contributed by atoms with E-state index in [1.54, 1.807) is 0 Å². The van der Waals surface area contributed by atoms with Gasteiger partial charge in [0.05, 0.1) is 19.3 Å². The molecule has 0 bridgehead atoms. The Bertz CT molecular complexity index is 490. The summed E-state index contributed by atoms with van der Waals surface area (Å²) in [5.74, 6) is 0.108. The molecule has 5 atom stereocenters. The molecule has 22 heavy (non-hydrogen) atoms. The van der Waals surface area contributed by atoms with Crippen LogP contribution in [0.4, 0.5) is 0 Å². The second-order valence-electron chi connectivity index (χ2n) is 8.02. The minimum Gasteiger partial charge on any atom is -0.467 e. The van der Waals surface area contributed by atoms with Gasteiger partial charge in [-0.2, -0.15) is 10.2 Å². The lowest BCUT2D eigenvalue weighted by molar-refractivity contribution is -0.157. The first-order valence-corrected chi connectivity index (χ1v) is 8.53. The fourth-order valence-corrected chi connectivity index (χ4v) is 5.35. The SMILES string of the molecule is COC(=O)C1(C2CCC3(C)CCCC(C)(O)C3C2)CCN=N1. The van der Waals surface area contributed by atoms with E-state index in [0.717, 1.165) is 32.1 Å². The van der Waals surface area contributed by atoms with Crippen LogP contribution in [0.3, 0.4) is 0 Å². The zero-order valence-electron chi connectivity index (χ0n) is 14.0. The van der Waals surface area contributed by atoms with Gasteiger partial charge < -0.3 is 9.84 Å². The van der Waals surface area contributed by atoms with Crippen molar-refractivity contribution >= 4 is 5.97 Å². The van der Waals surface area contributed by atoms with Crippen LogP contribution in [0.1, 0.15) is 58.8 Å². The smallest absolute Gasteiger partial charge is 0.336 e. The minimum atomic E-state index is -0.802. The van der Waals surface area contributed by atoms with Crippen molar-refractivity contribution in [2.75, 3.05) is 13.7 Å². The van der Waals surface area contributed by atoms with Crippen molar-refractivity contribution < 1.29 is 14.6 Å². The molecule has 5 heteroatoms. The predicted octanol–water partition coefficient (Wildman–Crippen LogP) is 3.11. The first-order valence-electron chi connectivity index (χ1n) is 8.53. The first-order chi connectivity index (χ1) is 10.3. The third-order valence-electron chi connectivity index (χ3n) is 6.66. The van der Waals surface area contributed by atoms with E-state index in [0.29, 0.717) is 13.0 Å². The molecule has 0 aromatic heterocycles. The van der Waals surface area contributed by atoms with Gasteiger partial charge >= 0.3 is 5.97 Å². The van der Waals surface area contributed by atoms with Crippen LogP contribution in [-0.4, -0.2) is 35.9 Å². The topological polar surface area (TPSA) is 71.2 Å². The van der Waals surface area contributed by atoms with E-state index in [9.17, 15) is 9.90 Å². The summed E-state index contributed by atoms with van der Waals surface area (Å²) in [5, 5.41) is 19.3. The lowest BCUT2D eigenvalue weighted by Gasteiger charge is -2.55. The molecule has 0 aromatic rings. The largest absolute Gasteiger partial charge is 0.467 e. The molecule has 2 aliphatic carbocycles. The van der Waals surface area contributed by atoms with Crippen LogP contribution in [0.15, 0.2) is 10.2 Å². The summed E-state index contributed by atoms with van der Waals surface area (Å²) < 4.78 is 5.05. The van der Waals surface area contributed by atoms with Gasteiger partial charge in [-0.25, -0.2) is 4.79 Å². The summed E-state index contributed by atoms with van der Waals surface area (Å²) in [4.78, 5) is 12.4. The van der Waals surface area contributed by atoms with Gasteiger partial charge in [0.15, 0.2) is 5.54 Å². The van der Waals surface area contributed by atoms with Gasteiger partial charge in [-0.05, 0) is 56.3 Å². The van der Waals surface area contributed by atoms with Crippen molar-refractivity contribution in [2.24, 2.45) is 27.5 Å². The second-order valence-corrected chi connectivity index (χ2v) is 8.02. The number of rotatable bonds is 2. The number of hydrogen-bond donors (Lipinski definition) is 1. The number of azo groups is 1. The molecule has 0 amide bonds. The predicted molar refractivity (Wildman–Crippen MR) is 82.5 cm³/mol. The van der Waals surface area contributed by atoms with Gasteiger partial charge in [0.2, 0.25) is 0 Å². The molecule has 0 radical (unpaired) electrons. The summed E-state index contributed by atoms with van der Waals surface area (Å²) in [5.41, 5.74) is -1.26. The number of hydrogen-bond acceptors (Lipinski definition) is 5. The molecule has 1 aliphatic heterocycles. The number of esters is 1. The van der Waals surface area contributed by atoms with Crippen LogP contribution in [0.2, 0.25) is 0 Å². The standard InChI is InChI=1S/C17H28N2O3/c1-15-6-4-7-16(2,21)13(15)11-12(5-8-15)17(14(20)22-3)9-10-18-19-17/h12-13,21H,4-11H2,1-3H3. The van der Waals surface area contributed by atoms with E-state index in [-0.39, 0.29) is 23.2 Å². The van der Waals surface area contributed by atoms with Gasteiger partial charge in [-0.1, -0.05) is 13.3 Å². The zero-order valence-corrected chi connectivity index (χ0v) is 14.0. The number of ether oxygens (including phenoxy) is 1. The second kappa shape index (κ2) is 5.29. The quantitative estimate of drug-likeness (QED) is 0.797. The summed E-state index contributed by atoms with van der Waals surface area (Å²) in [6, 6.07) is 0. The Morgan fingerprint density at radius 1 is 1.23 bits per heavy atom. The monoisotopic (exact) mass is 308 g/mol. The Morgan fingerprint density at radius 3 is 2.64 bits per heavy atom. The third-order valence-corrected chi connectivity index (χ3v) is 6.66. The molecule has 2 fully saturated rings. The van der Waals surface area contributed by atoms with Crippen molar-refractivity contribution in [1.29, 1.82) is 0 Å². The Kier molecular flexibility index (Phi) is 3.83. The Hall–Kier alpha value is -0.970. The van der Waals surface area contributed by atoms with Gasteiger partial charge in [0.25, 0.3) is 0 Å². The van der Waals surface area contributed by atoms with Gasteiger partial charge in [0, 0.05) is 6.42 Å². The van der Waals surface area contributed by atoms with Crippen molar-refractivity contribution in [3.8, 4) is 0 Å². The molecule has 0 aromatic carbocycles. The average Bonchev–Trinajstić information content (AvgIpc) is 2.96. The summed E-state index contributed by atoms with van der Waals surface area (Å²) in [6.07, 6.45) is 6.63. The maximum absolute atomic E-state index is 12.4. The molecule has 3 rings (SSSR count). The van der Waals surface area contributed by atoms with Crippen LogP contribution in [0.25, 0.3) is 0 Å². The maximum atomic E-state index is 12.4. The Morgan fingerprint density at radius 2 is 2.00 bits per heavy atom. The number of fused-ring (bicyclic) bond motifs is 1. The van der Waals surface area contributed by atoms with Gasteiger partial charge in [-0.3, -0.25) is 0 Å². The summed E-state index contributed by atoms with van der Waals surface area (Å²) in [7, 11) is 1.43. The molecule has 124 valence electrons. The molecule has 1 N–H and O–H groups in total. The van der Waals surface area contributed by atoms with Gasteiger partial charge in [-0.15, -0.1) is 0 Å². The number of methoxy groups -OCH3 is 1. The van der Waals surface area contributed by atoms with Gasteiger partial charge in [0.1, 0.15) is 0 Å². The summed E-state index contributed by atoms with van der Waals surface area (Å²) in [6.45, 7) is 4.88. The zero-order chi connectivity index (χ0) is 16.0. The van der Waals surface area contributed by atoms with E-state index in [2.05, 4.69) is 17.2 Å². The number of carbonyl (C=O) groups is 1. The lowest BCUT2D eigenvalue weighted by atomic mass is 9.51. The Labute approximate surface area is 132 Å². The molecule has 5 nitrogen and oxygen atoms in total. The van der Waals surface area contributed by atoms with Crippen molar-refractivity contribution in [1.82, 2.24) is 0 Å². The highest BCUT2D eigenvalue weighted by Gasteiger charge is 2.57. The highest BCUT2D eigenvalue weighted by Crippen LogP contribution is 2.57. The van der Waals surface area contributed by atoms with Crippen molar-refractivity contribution in [3.63, 3.8) is 0 Å². The fourth-order valence-electron chi connectivity index (χ4n) is 5.35. The van der Waals surface area contributed by atoms with Crippen LogP contribution >= 0.6 is 0 Å². The van der Waals surface area contributed by atoms with Crippen LogP contribution in [0.5, 0.6) is 0 Å². The molecule has 5 unspecified atom stereocenters. The lowest BCUT2D eigenvalue weighted by Crippen LogP contribution is -2.55. The van der Waals surface area contributed by atoms with Crippen molar-refractivity contribution in [2.45, 2.75) is 69.9 Å². The van der Waals surface area contributed by atoms with Crippen molar-refractivity contribution in [3.05, 3.63) is 0 Å². The highest BCUT2D eigenvalue weighted by molar-refractivity contribution is 5.81. The maximum Gasteiger partial charge on any atom is 0.336 e. The van der Waals surface area contributed by atoms with Crippen LogP contribution in [-0.2, 0) is 9.53 Å². The molecular formula is C17H28N2O3. The molecule has 0 spiro atoms. The molecule has 2 saturated carbocycles. The normalized spacial score (nSPS) is 48.0. The summed E-state index contributed by atoms with van der Waals surface area (Å²) >= 11 is 0. The Balaban J connectivity index is 1.88. The molecule has 1 heterocycles. The average molecular weight is 308 g/mol. The molecular weight excluding hydrogens is 280 g/mol. The van der Waals surface area contributed by atoms with E-state index >= 15 is 0 Å². The number of carbonyl (C=O) groups excluding carboxylic acids is 1. The molecule has 0 saturated heterocycles. The first kappa shape index (κ1) is 15.9.